The SMILES string of the molecule is C1CC1.CC1CCCN1C(=O)c1nc(C(=O)NC(C)C(C)(C)O)sc1-c1cnc(NCC(F)(F)F)cc1C(F)F. The summed E-state index contributed by atoms with van der Waals surface area (Å²) < 4.78 is 65.8. The molecule has 0 aromatic carbocycles. The number of halogens is 5. The number of rotatable bonds is 8. The summed E-state index contributed by atoms with van der Waals surface area (Å²) >= 11 is 0.691. The predicted molar refractivity (Wildman–Crippen MR) is 142 cm³/mol. The van der Waals surface area contributed by atoms with Crippen molar-refractivity contribution in [2.75, 3.05) is 18.4 Å². The molecule has 2 amide bonds. The van der Waals surface area contributed by atoms with E-state index in [1.165, 1.54) is 38.0 Å². The summed E-state index contributed by atoms with van der Waals surface area (Å²) in [5, 5.41) is 14.5. The Hall–Kier alpha value is -2.87. The van der Waals surface area contributed by atoms with E-state index in [2.05, 4.69) is 15.3 Å². The van der Waals surface area contributed by atoms with Gasteiger partial charge in [0.05, 0.1) is 16.5 Å². The molecule has 2 aliphatic rings. The highest BCUT2D eigenvalue weighted by molar-refractivity contribution is 7.17. The van der Waals surface area contributed by atoms with Crippen LogP contribution >= 0.6 is 11.3 Å². The Labute approximate surface area is 233 Å². The molecule has 4 rings (SSSR count). The molecular weight excluding hydrogens is 557 g/mol. The van der Waals surface area contributed by atoms with Crippen LogP contribution in [0.15, 0.2) is 12.3 Å². The summed E-state index contributed by atoms with van der Waals surface area (Å²) in [5.41, 5.74) is -2.37. The van der Waals surface area contributed by atoms with Crippen LogP contribution in [0.25, 0.3) is 10.4 Å². The number of carbonyl (C=O) groups excluding carboxylic acids is 2. The lowest BCUT2D eigenvalue weighted by Crippen LogP contribution is -2.47. The van der Waals surface area contributed by atoms with Crippen molar-refractivity contribution in [1.82, 2.24) is 20.2 Å². The molecule has 1 aliphatic carbocycles. The van der Waals surface area contributed by atoms with Crippen molar-refractivity contribution in [2.24, 2.45) is 0 Å². The van der Waals surface area contributed by atoms with Gasteiger partial charge >= 0.3 is 6.18 Å². The maximum absolute atomic E-state index is 14.0. The Morgan fingerprint density at radius 1 is 1.20 bits per heavy atom. The minimum atomic E-state index is -4.59. The first-order chi connectivity index (χ1) is 18.6. The first kappa shape index (κ1) is 31.7. The van der Waals surface area contributed by atoms with E-state index >= 15 is 0 Å². The lowest BCUT2D eigenvalue weighted by Gasteiger charge is -2.26. The van der Waals surface area contributed by atoms with E-state index in [4.69, 9.17) is 0 Å². The largest absolute Gasteiger partial charge is 0.405 e. The standard InChI is InChI=1S/C23H28F5N5O3S.C3H6/c1-11-6-5-7-33(11)21(35)16-17(37-20(32-16)19(34)31-12(2)22(3,4)36)14-9-29-15(8-13(14)18(24)25)30-10-23(26,27)28;1-2-3-1/h8-9,11-12,18,36H,5-7,10H2,1-4H3,(H,29,30)(H,31,34);1-3H2. The second kappa shape index (κ2) is 12.8. The molecule has 8 nitrogen and oxygen atoms in total. The van der Waals surface area contributed by atoms with E-state index in [0.29, 0.717) is 17.9 Å². The molecule has 40 heavy (non-hydrogen) atoms. The lowest BCUT2D eigenvalue weighted by molar-refractivity contribution is -0.115. The lowest BCUT2D eigenvalue weighted by atomic mass is 10.0. The molecule has 1 saturated carbocycles. The molecule has 2 unspecified atom stereocenters. The maximum Gasteiger partial charge on any atom is 0.405 e. The van der Waals surface area contributed by atoms with E-state index < -0.39 is 54.0 Å². The zero-order chi connectivity index (χ0) is 29.8. The smallest absolute Gasteiger partial charge is 0.388 e. The molecule has 2 aromatic heterocycles. The highest BCUT2D eigenvalue weighted by atomic mass is 32.1. The Morgan fingerprint density at radius 2 is 1.85 bits per heavy atom. The number of pyridine rings is 1. The van der Waals surface area contributed by atoms with E-state index in [1.807, 2.05) is 12.2 Å². The Bertz CT molecular complexity index is 1190. The van der Waals surface area contributed by atoms with Crippen LogP contribution < -0.4 is 10.6 Å². The number of alkyl halides is 5. The monoisotopic (exact) mass is 591 g/mol. The molecule has 0 bridgehead atoms. The van der Waals surface area contributed by atoms with Gasteiger partial charge in [0.2, 0.25) is 0 Å². The first-order valence-electron chi connectivity index (χ1n) is 13.0. The summed E-state index contributed by atoms with van der Waals surface area (Å²) in [6.45, 7) is 5.34. The fraction of sp³-hybridized carbons (Fsp3) is 0.615. The summed E-state index contributed by atoms with van der Waals surface area (Å²) in [6, 6.07) is -0.0487. The zero-order valence-electron chi connectivity index (χ0n) is 22.7. The normalized spacial score (nSPS) is 17.8. The summed E-state index contributed by atoms with van der Waals surface area (Å²) in [6.07, 6.45) is -0.777. The number of carbonyl (C=O) groups is 2. The van der Waals surface area contributed by atoms with Crippen molar-refractivity contribution < 1.29 is 36.6 Å². The third-order valence-corrected chi connectivity index (χ3v) is 7.57. The number of aromatic nitrogens is 2. The van der Waals surface area contributed by atoms with Gasteiger partial charge in [0.15, 0.2) is 5.01 Å². The number of likely N-dealkylation sites (tertiary alicyclic amines) is 1. The highest BCUT2D eigenvalue weighted by Crippen LogP contribution is 2.39. The molecule has 2 aromatic rings. The number of amides is 2. The molecule has 222 valence electrons. The first-order valence-corrected chi connectivity index (χ1v) is 13.8. The molecule has 0 spiro atoms. The molecule has 3 N–H and O–H groups in total. The van der Waals surface area contributed by atoms with Crippen LogP contribution in [0.1, 0.15) is 92.1 Å². The van der Waals surface area contributed by atoms with Gasteiger partial charge < -0.3 is 20.6 Å². The zero-order valence-corrected chi connectivity index (χ0v) is 23.6. The Morgan fingerprint density at radius 3 is 2.35 bits per heavy atom. The van der Waals surface area contributed by atoms with Crippen LogP contribution in [-0.2, 0) is 0 Å². The van der Waals surface area contributed by atoms with Crippen LogP contribution in [-0.4, -0.2) is 68.7 Å². The second-order valence-electron chi connectivity index (χ2n) is 10.5. The van der Waals surface area contributed by atoms with Crippen molar-refractivity contribution in [3.8, 4) is 10.4 Å². The van der Waals surface area contributed by atoms with Gasteiger partial charge in [-0.2, -0.15) is 13.2 Å². The van der Waals surface area contributed by atoms with Gasteiger partial charge in [-0.05, 0) is 46.6 Å². The van der Waals surface area contributed by atoms with E-state index in [1.54, 1.807) is 6.92 Å². The van der Waals surface area contributed by atoms with Crippen LogP contribution in [0.2, 0.25) is 0 Å². The van der Waals surface area contributed by atoms with Gasteiger partial charge in [-0.15, -0.1) is 11.3 Å². The van der Waals surface area contributed by atoms with E-state index in [-0.39, 0.29) is 27.2 Å². The average molecular weight is 592 g/mol. The van der Waals surface area contributed by atoms with E-state index in [0.717, 1.165) is 25.1 Å². The average Bonchev–Trinajstić information content (AvgIpc) is 3.58. The molecule has 14 heteroatoms. The van der Waals surface area contributed by atoms with Crippen LogP contribution in [0.3, 0.4) is 0 Å². The fourth-order valence-corrected chi connectivity index (χ4v) is 4.67. The van der Waals surface area contributed by atoms with Gasteiger partial charge in [0.25, 0.3) is 18.2 Å². The summed E-state index contributed by atoms with van der Waals surface area (Å²) in [7, 11) is 0. The number of hydrogen-bond acceptors (Lipinski definition) is 7. The van der Waals surface area contributed by atoms with Crippen molar-refractivity contribution in [3.05, 3.63) is 28.5 Å². The molecule has 3 heterocycles. The van der Waals surface area contributed by atoms with Crippen molar-refractivity contribution in [1.29, 1.82) is 0 Å². The second-order valence-corrected chi connectivity index (χ2v) is 11.5. The van der Waals surface area contributed by atoms with Crippen molar-refractivity contribution in [3.63, 3.8) is 0 Å². The van der Waals surface area contributed by atoms with Crippen LogP contribution in [0.5, 0.6) is 0 Å². The van der Waals surface area contributed by atoms with Crippen LogP contribution in [0, 0.1) is 0 Å². The van der Waals surface area contributed by atoms with Gasteiger partial charge in [0, 0.05) is 29.9 Å². The third-order valence-electron chi connectivity index (χ3n) is 6.48. The van der Waals surface area contributed by atoms with Gasteiger partial charge in [0.1, 0.15) is 18.1 Å². The Kier molecular flexibility index (Phi) is 10.1. The minimum absolute atomic E-state index is 0.0460. The van der Waals surface area contributed by atoms with Crippen molar-refractivity contribution >= 4 is 29.0 Å². The fourth-order valence-electron chi connectivity index (χ4n) is 3.68. The summed E-state index contributed by atoms with van der Waals surface area (Å²) in [5.74, 6) is -1.69. The number of nitrogens with one attached hydrogen (secondary N) is 2. The van der Waals surface area contributed by atoms with Gasteiger partial charge in [-0.25, -0.2) is 18.7 Å². The number of aliphatic hydroxyl groups is 1. The third kappa shape index (κ3) is 8.56. The quantitative estimate of drug-likeness (QED) is 0.335. The summed E-state index contributed by atoms with van der Waals surface area (Å²) in [4.78, 5) is 35.8. The molecular formula is C26H34F5N5O3S. The molecule has 0 radical (unpaired) electrons. The number of hydrogen-bond donors (Lipinski definition) is 3. The minimum Gasteiger partial charge on any atom is -0.388 e. The van der Waals surface area contributed by atoms with Gasteiger partial charge in [-0.1, -0.05) is 19.3 Å². The molecule has 2 fully saturated rings. The molecule has 1 saturated heterocycles. The van der Waals surface area contributed by atoms with E-state index in [9.17, 15) is 36.6 Å². The topological polar surface area (TPSA) is 107 Å². The van der Waals surface area contributed by atoms with Crippen molar-refractivity contribution in [2.45, 2.75) is 90.1 Å². The maximum atomic E-state index is 14.0. The highest BCUT2D eigenvalue weighted by Gasteiger charge is 2.34. The van der Waals surface area contributed by atoms with Crippen LogP contribution in [0.4, 0.5) is 27.8 Å². The van der Waals surface area contributed by atoms with Gasteiger partial charge in [-0.3, -0.25) is 9.59 Å². The number of anilines is 1. The molecule has 2 atom stereocenters. The number of thiazole rings is 1. The number of nitrogens with zero attached hydrogens (tertiary/aromatic N) is 3. The predicted octanol–water partition coefficient (Wildman–Crippen LogP) is 5.80. The Balaban J connectivity index is 0.00000137. The molecule has 1 aliphatic heterocycles.